The van der Waals surface area contributed by atoms with Gasteiger partial charge in [0.2, 0.25) is 23.6 Å². The van der Waals surface area contributed by atoms with E-state index in [0.29, 0.717) is 6.54 Å². The van der Waals surface area contributed by atoms with Crippen LogP contribution in [0.3, 0.4) is 0 Å². The smallest absolute Gasteiger partial charge is 0.243 e. The molecule has 0 spiro atoms. The van der Waals surface area contributed by atoms with E-state index in [1.165, 1.54) is 7.05 Å². The van der Waals surface area contributed by atoms with Gasteiger partial charge in [-0.25, -0.2) is 0 Å². The van der Waals surface area contributed by atoms with Gasteiger partial charge in [0.15, 0.2) is 0 Å². The second-order valence-corrected chi connectivity index (χ2v) is 5.24. The van der Waals surface area contributed by atoms with Crippen LogP contribution in [0.25, 0.3) is 0 Å². The zero-order chi connectivity index (χ0) is 14.9. The lowest BCUT2D eigenvalue weighted by molar-refractivity contribution is -0.151. The van der Waals surface area contributed by atoms with Crippen LogP contribution in [0.15, 0.2) is 0 Å². The molecule has 0 aromatic heterocycles. The maximum atomic E-state index is 11.6. The average Bonchev–Trinajstić information content (AvgIpc) is 2.33. The summed E-state index contributed by atoms with van der Waals surface area (Å²) in [5, 5.41) is 2.23. The third kappa shape index (κ3) is 3.20. The molecule has 0 bridgehead atoms. The number of imide groups is 2. The minimum atomic E-state index is -0.320. The van der Waals surface area contributed by atoms with Crippen molar-refractivity contribution in [2.45, 2.75) is 13.0 Å². The summed E-state index contributed by atoms with van der Waals surface area (Å²) in [4.78, 5) is 50.5. The van der Waals surface area contributed by atoms with Gasteiger partial charge in [0.05, 0.1) is 26.2 Å². The van der Waals surface area contributed by atoms with Crippen LogP contribution in [0.1, 0.15) is 6.92 Å². The summed E-state index contributed by atoms with van der Waals surface area (Å²) in [7, 11) is 1.47. The molecule has 8 heteroatoms. The minimum Gasteiger partial charge on any atom is -0.294 e. The normalized spacial score (nSPS) is 24.0. The number of likely N-dealkylation sites (N-methyl/N-ethyl adjacent to an activating group) is 1. The first-order chi connectivity index (χ1) is 9.36. The van der Waals surface area contributed by atoms with Gasteiger partial charge in [-0.3, -0.25) is 39.2 Å². The van der Waals surface area contributed by atoms with Crippen molar-refractivity contribution < 1.29 is 19.2 Å². The molecule has 110 valence electrons. The van der Waals surface area contributed by atoms with Crippen molar-refractivity contribution in [2.24, 2.45) is 0 Å². The predicted octanol–water partition coefficient (Wildman–Crippen LogP) is -2.37. The number of nitrogens with zero attached hydrogens (tertiary/aromatic N) is 3. The van der Waals surface area contributed by atoms with Gasteiger partial charge < -0.3 is 0 Å². The van der Waals surface area contributed by atoms with Crippen molar-refractivity contribution in [3.63, 3.8) is 0 Å². The second kappa shape index (κ2) is 5.68. The summed E-state index contributed by atoms with van der Waals surface area (Å²) in [6.07, 6.45) is 0. The molecule has 1 atom stereocenters. The second-order valence-electron chi connectivity index (χ2n) is 5.24. The van der Waals surface area contributed by atoms with E-state index in [0.717, 1.165) is 4.90 Å². The van der Waals surface area contributed by atoms with E-state index in [2.05, 4.69) is 5.32 Å². The van der Waals surface area contributed by atoms with Crippen LogP contribution in [0, 0.1) is 0 Å². The molecule has 0 aromatic carbocycles. The lowest BCUT2D eigenvalue weighted by Crippen LogP contribution is -2.58. The molecule has 2 aliphatic heterocycles. The number of nitrogens with one attached hydrogen (secondary N) is 1. The first-order valence-electron chi connectivity index (χ1n) is 6.45. The summed E-state index contributed by atoms with van der Waals surface area (Å²) in [5.74, 6) is -1.11. The van der Waals surface area contributed by atoms with E-state index in [-0.39, 0.29) is 55.8 Å². The first-order valence-corrected chi connectivity index (χ1v) is 6.45. The summed E-state index contributed by atoms with van der Waals surface area (Å²) in [6.45, 7) is 3.01. The van der Waals surface area contributed by atoms with Gasteiger partial charge in [-0.15, -0.1) is 0 Å². The average molecular weight is 282 g/mol. The van der Waals surface area contributed by atoms with Crippen LogP contribution in [0.4, 0.5) is 0 Å². The molecule has 1 N–H and O–H groups in total. The number of hydrogen-bond donors (Lipinski definition) is 1. The Morgan fingerprint density at radius 2 is 1.50 bits per heavy atom. The Hall–Kier alpha value is -1.80. The quantitative estimate of drug-likeness (QED) is 0.582. The van der Waals surface area contributed by atoms with Crippen LogP contribution in [0.2, 0.25) is 0 Å². The number of piperazine rings is 2. The van der Waals surface area contributed by atoms with Crippen LogP contribution in [-0.2, 0) is 19.2 Å². The Kier molecular flexibility index (Phi) is 4.15. The minimum absolute atomic E-state index is 0.0877. The highest BCUT2D eigenvalue weighted by Crippen LogP contribution is 2.09. The van der Waals surface area contributed by atoms with Gasteiger partial charge in [-0.1, -0.05) is 0 Å². The molecule has 0 aliphatic carbocycles. The fraction of sp³-hybridized carbons (Fsp3) is 0.667. The monoisotopic (exact) mass is 282 g/mol. The Morgan fingerprint density at radius 1 is 1.00 bits per heavy atom. The molecule has 0 radical (unpaired) electrons. The fourth-order valence-corrected chi connectivity index (χ4v) is 2.38. The van der Waals surface area contributed by atoms with Crippen LogP contribution >= 0.6 is 0 Å². The SMILES string of the molecule is C[C@H](CN1CC(=O)NC(=O)C1)N1CC(=O)N(C)C(=O)C1. The molecule has 2 heterocycles. The standard InChI is InChI=1S/C12H18N4O4/c1-8(3-15-4-9(17)13-10(18)5-15)16-6-11(19)14(2)12(20)7-16/h8H,3-7H2,1-2H3,(H,13,17,18)/t8-/m1/s1. The lowest BCUT2D eigenvalue weighted by Gasteiger charge is -2.37. The van der Waals surface area contributed by atoms with Crippen LogP contribution in [0.5, 0.6) is 0 Å². The highest BCUT2D eigenvalue weighted by atomic mass is 16.2. The Bertz CT molecular complexity index is 430. The molecule has 4 amide bonds. The van der Waals surface area contributed by atoms with Crippen molar-refractivity contribution in [3.05, 3.63) is 0 Å². The van der Waals surface area contributed by atoms with Crippen molar-refractivity contribution in [1.82, 2.24) is 20.0 Å². The summed E-state index contributed by atoms with van der Waals surface area (Å²) >= 11 is 0. The van der Waals surface area contributed by atoms with Crippen molar-refractivity contribution in [1.29, 1.82) is 0 Å². The molecule has 0 saturated carbocycles. The van der Waals surface area contributed by atoms with Gasteiger partial charge in [0.25, 0.3) is 0 Å². The van der Waals surface area contributed by atoms with E-state index in [1.807, 2.05) is 6.92 Å². The van der Waals surface area contributed by atoms with Crippen LogP contribution in [-0.4, -0.2) is 84.1 Å². The number of hydrogen-bond acceptors (Lipinski definition) is 6. The Morgan fingerprint density at radius 3 is 2.00 bits per heavy atom. The molecule has 20 heavy (non-hydrogen) atoms. The van der Waals surface area contributed by atoms with E-state index >= 15 is 0 Å². The summed E-state index contributed by atoms with van der Waals surface area (Å²) in [5.41, 5.74) is 0. The van der Waals surface area contributed by atoms with Crippen LogP contribution < -0.4 is 5.32 Å². The first kappa shape index (κ1) is 14.6. The number of amides is 4. The highest BCUT2D eigenvalue weighted by molar-refractivity contribution is 5.99. The maximum Gasteiger partial charge on any atom is 0.243 e. The number of carbonyl (C=O) groups is 4. The zero-order valence-corrected chi connectivity index (χ0v) is 11.6. The molecular formula is C12H18N4O4. The molecule has 2 fully saturated rings. The number of carbonyl (C=O) groups excluding carboxylic acids is 4. The van der Waals surface area contributed by atoms with E-state index in [9.17, 15) is 19.2 Å². The lowest BCUT2D eigenvalue weighted by atomic mass is 10.2. The largest absolute Gasteiger partial charge is 0.294 e. The molecular weight excluding hydrogens is 264 g/mol. The number of rotatable bonds is 3. The van der Waals surface area contributed by atoms with Gasteiger partial charge >= 0.3 is 0 Å². The molecule has 8 nitrogen and oxygen atoms in total. The molecule has 2 rings (SSSR count). The molecule has 0 aromatic rings. The van der Waals surface area contributed by atoms with Crippen molar-refractivity contribution in [3.8, 4) is 0 Å². The van der Waals surface area contributed by atoms with Gasteiger partial charge in [0.1, 0.15) is 0 Å². The van der Waals surface area contributed by atoms with Gasteiger partial charge in [-0.05, 0) is 6.92 Å². The van der Waals surface area contributed by atoms with E-state index in [1.54, 1.807) is 9.80 Å². The van der Waals surface area contributed by atoms with Gasteiger partial charge in [0, 0.05) is 19.6 Å². The van der Waals surface area contributed by atoms with E-state index in [4.69, 9.17) is 0 Å². The third-order valence-corrected chi connectivity index (χ3v) is 3.58. The van der Waals surface area contributed by atoms with Crippen molar-refractivity contribution >= 4 is 23.6 Å². The zero-order valence-electron chi connectivity index (χ0n) is 11.6. The molecule has 2 saturated heterocycles. The van der Waals surface area contributed by atoms with Gasteiger partial charge in [-0.2, -0.15) is 0 Å². The predicted molar refractivity (Wildman–Crippen MR) is 68.4 cm³/mol. The molecule has 2 aliphatic rings. The fourth-order valence-electron chi connectivity index (χ4n) is 2.38. The maximum absolute atomic E-state index is 11.6. The highest BCUT2D eigenvalue weighted by Gasteiger charge is 2.32. The Balaban J connectivity index is 1.93. The third-order valence-electron chi connectivity index (χ3n) is 3.58. The Labute approximate surface area is 116 Å². The summed E-state index contributed by atoms with van der Waals surface area (Å²) in [6, 6.07) is -0.0877. The topological polar surface area (TPSA) is 90.0 Å². The molecule has 0 unspecified atom stereocenters. The van der Waals surface area contributed by atoms with E-state index < -0.39 is 0 Å². The van der Waals surface area contributed by atoms with Crippen molar-refractivity contribution in [2.75, 3.05) is 39.8 Å². The summed E-state index contributed by atoms with van der Waals surface area (Å²) < 4.78 is 0.